The lowest BCUT2D eigenvalue weighted by Gasteiger charge is -2.36. The van der Waals surface area contributed by atoms with Crippen LogP contribution >= 0.6 is 11.8 Å². The minimum atomic E-state index is -3.89. The SMILES string of the molecule is CCCN1CCN(c2ncccc2N(Cl)S(=O)(=O)c2ccc(C(C)C)cc2)CC1. The van der Waals surface area contributed by atoms with Gasteiger partial charge in [0.2, 0.25) is 0 Å². The van der Waals surface area contributed by atoms with Crippen molar-refractivity contribution in [2.24, 2.45) is 0 Å². The second-order valence-corrected chi connectivity index (χ2v) is 9.94. The van der Waals surface area contributed by atoms with Gasteiger partial charge >= 0.3 is 0 Å². The van der Waals surface area contributed by atoms with Gasteiger partial charge in [-0.25, -0.2) is 4.98 Å². The van der Waals surface area contributed by atoms with Crippen molar-refractivity contribution in [2.75, 3.05) is 41.4 Å². The number of piperazine rings is 1. The van der Waals surface area contributed by atoms with Gasteiger partial charge in [-0.1, -0.05) is 32.9 Å². The molecule has 0 spiro atoms. The molecule has 0 unspecified atom stereocenters. The number of halogens is 1. The van der Waals surface area contributed by atoms with Crippen LogP contribution in [0.3, 0.4) is 0 Å². The molecule has 0 N–H and O–H groups in total. The first kappa shape index (κ1) is 21.9. The number of sulfonamides is 1. The molecule has 0 bridgehead atoms. The van der Waals surface area contributed by atoms with E-state index >= 15 is 0 Å². The molecule has 8 heteroatoms. The van der Waals surface area contributed by atoms with E-state index in [1.54, 1.807) is 30.5 Å². The summed E-state index contributed by atoms with van der Waals surface area (Å²) >= 11 is 6.41. The van der Waals surface area contributed by atoms with E-state index in [4.69, 9.17) is 11.8 Å². The molecule has 29 heavy (non-hydrogen) atoms. The highest BCUT2D eigenvalue weighted by Gasteiger charge is 2.29. The van der Waals surface area contributed by atoms with Gasteiger partial charge in [-0.15, -0.1) is 0 Å². The Balaban J connectivity index is 1.85. The molecule has 0 amide bonds. The zero-order valence-electron chi connectivity index (χ0n) is 17.3. The molecule has 1 saturated heterocycles. The average molecular weight is 437 g/mol. The summed E-state index contributed by atoms with van der Waals surface area (Å²) < 4.78 is 27.1. The Morgan fingerprint density at radius 3 is 2.34 bits per heavy atom. The molecule has 3 rings (SSSR count). The topological polar surface area (TPSA) is 56.8 Å². The van der Waals surface area contributed by atoms with E-state index in [1.165, 1.54) is 0 Å². The summed E-state index contributed by atoms with van der Waals surface area (Å²) in [5.41, 5.74) is 1.46. The molecule has 0 radical (unpaired) electrons. The largest absolute Gasteiger partial charge is 0.352 e. The molecule has 0 atom stereocenters. The summed E-state index contributed by atoms with van der Waals surface area (Å²) in [5, 5.41) is 0. The van der Waals surface area contributed by atoms with E-state index in [2.05, 4.69) is 35.6 Å². The fraction of sp³-hybridized carbons (Fsp3) is 0.476. The molecule has 1 aliphatic rings. The van der Waals surface area contributed by atoms with Gasteiger partial charge < -0.3 is 4.90 Å². The fourth-order valence-corrected chi connectivity index (χ4v) is 4.95. The van der Waals surface area contributed by atoms with Crippen LogP contribution in [0.4, 0.5) is 11.5 Å². The van der Waals surface area contributed by atoms with Gasteiger partial charge in [0, 0.05) is 44.2 Å². The van der Waals surface area contributed by atoms with Gasteiger partial charge in [-0.05, 0) is 48.7 Å². The minimum absolute atomic E-state index is 0.166. The first-order valence-corrected chi connectivity index (χ1v) is 11.9. The van der Waals surface area contributed by atoms with Crippen LogP contribution < -0.4 is 8.72 Å². The van der Waals surface area contributed by atoms with E-state index in [0.29, 0.717) is 17.4 Å². The molecular formula is C21H29ClN4O2S. The molecular weight excluding hydrogens is 408 g/mol. The monoisotopic (exact) mass is 436 g/mol. The third-order valence-electron chi connectivity index (χ3n) is 5.22. The number of hydrogen-bond acceptors (Lipinski definition) is 5. The van der Waals surface area contributed by atoms with Crippen molar-refractivity contribution in [1.29, 1.82) is 0 Å². The summed E-state index contributed by atoms with van der Waals surface area (Å²) in [6.45, 7) is 10.8. The van der Waals surface area contributed by atoms with Crippen molar-refractivity contribution in [2.45, 2.75) is 38.0 Å². The minimum Gasteiger partial charge on any atom is -0.352 e. The van der Waals surface area contributed by atoms with Gasteiger partial charge in [0.1, 0.15) is 5.69 Å². The zero-order valence-corrected chi connectivity index (χ0v) is 18.8. The summed E-state index contributed by atoms with van der Waals surface area (Å²) in [4.78, 5) is 9.13. The van der Waals surface area contributed by atoms with Crippen LogP contribution in [-0.4, -0.2) is 51.0 Å². The third kappa shape index (κ3) is 4.85. The summed E-state index contributed by atoms with van der Waals surface area (Å²) in [6.07, 6.45) is 2.80. The maximum atomic E-state index is 13.1. The standard InChI is InChI=1S/C21H29ClN4O2S/c1-4-12-24-13-15-25(16-14-24)21-20(6-5-11-23-21)26(22)29(27,28)19-9-7-18(8-10-19)17(2)3/h5-11,17H,4,12-16H2,1-3H3. The Morgan fingerprint density at radius 1 is 1.10 bits per heavy atom. The number of pyridine rings is 1. The Labute approximate surface area is 179 Å². The Morgan fingerprint density at radius 2 is 1.76 bits per heavy atom. The fourth-order valence-electron chi connectivity index (χ4n) is 3.52. The quantitative estimate of drug-likeness (QED) is 0.612. The molecule has 2 aromatic rings. The first-order valence-electron chi connectivity index (χ1n) is 10.1. The molecule has 0 aliphatic carbocycles. The summed E-state index contributed by atoms with van der Waals surface area (Å²) in [5.74, 6) is 0.927. The average Bonchev–Trinajstić information content (AvgIpc) is 2.74. The highest BCUT2D eigenvalue weighted by molar-refractivity contribution is 7.94. The van der Waals surface area contributed by atoms with E-state index in [9.17, 15) is 8.42 Å². The van der Waals surface area contributed by atoms with Crippen LogP contribution in [0.15, 0.2) is 47.5 Å². The number of anilines is 2. The Hall–Kier alpha value is -1.83. The molecule has 158 valence electrons. The van der Waals surface area contributed by atoms with Crippen LogP contribution in [-0.2, 0) is 10.0 Å². The maximum absolute atomic E-state index is 13.1. The summed E-state index contributed by atoms with van der Waals surface area (Å²) in [7, 11) is -3.89. The molecule has 0 saturated carbocycles. The van der Waals surface area contributed by atoms with Crippen LogP contribution in [0.25, 0.3) is 0 Å². The van der Waals surface area contributed by atoms with Gasteiger partial charge in [-0.3, -0.25) is 4.90 Å². The number of aromatic nitrogens is 1. The van der Waals surface area contributed by atoms with E-state index < -0.39 is 10.0 Å². The van der Waals surface area contributed by atoms with Gasteiger partial charge in [0.25, 0.3) is 10.0 Å². The van der Waals surface area contributed by atoms with Crippen molar-refractivity contribution in [3.05, 3.63) is 48.2 Å². The van der Waals surface area contributed by atoms with Crippen molar-refractivity contribution in [3.63, 3.8) is 0 Å². The summed E-state index contributed by atoms with van der Waals surface area (Å²) in [6, 6.07) is 10.3. The predicted molar refractivity (Wildman–Crippen MR) is 119 cm³/mol. The lowest BCUT2D eigenvalue weighted by Crippen LogP contribution is -2.47. The van der Waals surface area contributed by atoms with Crippen LogP contribution in [0, 0.1) is 0 Å². The Bertz CT molecular complexity index is 911. The Kier molecular flexibility index (Phi) is 7.03. The second-order valence-electron chi connectivity index (χ2n) is 7.62. The predicted octanol–water partition coefficient (Wildman–Crippen LogP) is 4.09. The van der Waals surface area contributed by atoms with Crippen LogP contribution in [0.5, 0.6) is 0 Å². The lowest BCUT2D eigenvalue weighted by molar-refractivity contribution is 0.258. The number of nitrogens with zero attached hydrogens (tertiary/aromatic N) is 4. The number of benzene rings is 1. The third-order valence-corrected chi connectivity index (χ3v) is 7.44. The number of rotatable bonds is 7. The van der Waals surface area contributed by atoms with E-state index in [0.717, 1.165) is 48.5 Å². The second kappa shape index (κ2) is 9.32. The molecule has 1 aliphatic heterocycles. The van der Waals surface area contributed by atoms with Crippen LogP contribution in [0.2, 0.25) is 0 Å². The molecule has 1 aromatic heterocycles. The van der Waals surface area contributed by atoms with E-state index in [1.807, 2.05) is 12.1 Å². The van der Waals surface area contributed by atoms with Crippen molar-refractivity contribution >= 4 is 33.3 Å². The van der Waals surface area contributed by atoms with Crippen molar-refractivity contribution in [1.82, 2.24) is 9.88 Å². The van der Waals surface area contributed by atoms with Crippen molar-refractivity contribution in [3.8, 4) is 0 Å². The molecule has 6 nitrogen and oxygen atoms in total. The molecule has 2 heterocycles. The first-order chi connectivity index (χ1) is 13.8. The smallest absolute Gasteiger partial charge is 0.278 e. The molecule has 1 aromatic carbocycles. The van der Waals surface area contributed by atoms with E-state index in [-0.39, 0.29) is 4.90 Å². The van der Waals surface area contributed by atoms with Crippen LogP contribution in [0.1, 0.15) is 38.7 Å². The highest BCUT2D eigenvalue weighted by Crippen LogP contribution is 2.33. The highest BCUT2D eigenvalue weighted by atomic mass is 35.5. The number of hydrogen-bond donors (Lipinski definition) is 0. The normalized spacial score (nSPS) is 15.7. The molecule has 1 fully saturated rings. The van der Waals surface area contributed by atoms with Gasteiger partial charge in [0.15, 0.2) is 5.82 Å². The van der Waals surface area contributed by atoms with Gasteiger partial charge in [-0.2, -0.15) is 12.2 Å². The van der Waals surface area contributed by atoms with Gasteiger partial charge in [0.05, 0.1) is 4.90 Å². The van der Waals surface area contributed by atoms with Crippen molar-refractivity contribution < 1.29 is 8.42 Å². The zero-order chi connectivity index (χ0) is 21.0. The maximum Gasteiger partial charge on any atom is 0.278 e. The lowest BCUT2D eigenvalue weighted by atomic mass is 10.0.